The third kappa shape index (κ3) is 4.18. The van der Waals surface area contributed by atoms with Crippen molar-refractivity contribution in [3.8, 4) is 0 Å². The van der Waals surface area contributed by atoms with Gasteiger partial charge in [-0.05, 0) is 25.0 Å². The molecule has 5 nitrogen and oxygen atoms in total. The average Bonchev–Trinajstić information content (AvgIpc) is 2.90. The highest BCUT2D eigenvalue weighted by Crippen LogP contribution is 2.16. The second-order valence-electron chi connectivity index (χ2n) is 5.18. The van der Waals surface area contributed by atoms with Crippen molar-refractivity contribution in [3.63, 3.8) is 0 Å². The van der Waals surface area contributed by atoms with Gasteiger partial charge in [-0.25, -0.2) is 4.39 Å². The van der Waals surface area contributed by atoms with Crippen molar-refractivity contribution < 1.29 is 14.0 Å². The van der Waals surface area contributed by atoms with E-state index < -0.39 is 6.04 Å². The number of hydrogen-bond acceptors (Lipinski definition) is 3. The van der Waals surface area contributed by atoms with Gasteiger partial charge in [-0.1, -0.05) is 12.1 Å². The lowest BCUT2D eigenvalue weighted by atomic mass is 10.2. The molecule has 1 fully saturated rings. The van der Waals surface area contributed by atoms with E-state index in [-0.39, 0.29) is 17.6 Å². The third-order valence-electron chi connectivity index (χ3n) is 3.55. The molecule has 21 heavy (non-hydrogen) atoms. The molecule has 2 rings (SSSR count). The summed E-state index contributed by atoms with van der Waals surface area (Å²) in [5.41, 5.74) is 0.548. The van der Waals surface area contributed by atoms with Crippen LogP contribution in [0.15, 0.2) is 24.3 Å². The van der Waals surface area contributed by atoms with Crippen molar-refractivity contribution in [2.24, 2.45) is 0 Å². The zero-order valence-corrected chi connectivity index (χ0v) is 12.1. The van der Waals surface area contributed by atoms with Crippen molar-refractivity contribution in [3.05, 3.63) is 30.1 Å². The molecule has 1 aliphatic heterocycles. The van der Waals surface area contributed by atoms with Crippen LogP contribution >= 0.6 is 0 Å². The van der Waals surface area contributed by atoms with Gasteiger partial charge in [-0.3, -0.25) is 9.59 Å². The average molecular weight is 293 g/mol. The van der Waals surface area contributed by atoms with E-state index in [4.69, 9.17) is 0 Å². The van der Waals surface area contributed by atoms with E-state index in [2.05, 4.69) is 10.6 Å². The van der Waals surface area contributed by atoms with E-state index in [9.17, 15) is 14.0 Å². The summed E-state index contributed by atoms with van der Waals surface area (Å²) in [4.78, 5) is 24.6. The number of halogens is 1. The lowest BCUT2D eigenvalue weighted by Crippen LogP contribution is -2.42. The highest BCUT2D eigenvalue weighted by atomic mass is 19.1. The number of benzene rings is 1. The van der Waals surface area contributed by atoms with Crippen LogP contribution < -0.4 is 15.5 Å². The zero-order chi connectivity index (χ0) is 15.2. The third-order valence-corrected chi connectivity index (χ3v) is 3.55. The number of anilines is 1. The van der Waals surface area contributed by atoms with Crippen molar-refractivity contribution in [2.75, 3.05) is 25.0 Å². The minimum Gasteiger partial charge on any atom is -0.372 e. The van der Waals surface area contributed by atoms with Gasteiger partial charge < -0.3 is 15.5 Å². The molecular formula is C15H20FN3O2. The molecule has 0 unspecified atom stereocenters. The van der Waals surface area contributed by atoms with Crippen molar-refractivity contribution in [2.45, 2.75) is 25.3 Å². The van der Waals surface area contributed by atoms with Gasteiger partial charge in [0.15, 0.2) is 0 Å². The summed E-state index contributed by atoms with van der Waals surface area (Å²) in [5.74, 6) is -0.471. The van der Waals surface area contributed by atoms with Crippen LogP contribution in [0.1, 0.15) is 19.3 Å². The van der Waals surface area contributed by atoms with Crippen molar-refractivity contribution in [1.82, 2.24) is 10.6 Å². The minimum absolute atomic E-state index is 0.0746. The standard InChI is InChI=1S/C15H20FN3O2/c1-19(13-6-3-2-5-11(13)16)10-4-9-17-15(21)12-7-8-14(20)18-12/h2-3,5-6,12H,4,7-10H2,1H3,(H,17,21)(H,18,20)/t12-/m0/s1. The summed E-state index contributed by atoms with van der Waals surface area (Å²) in [7, 11) is 1.82. The number of para-hydroxylation sites is 1. The molecule has 0 spiro atoms. The van der Waals surface area contributed by atoms with Gasteiger partial charge in [0.2, 0.25) is 11.8 Å². The maximum absolute atomic E-state index is 13.6. The first-order chi connectivity index (χ1) is 10.1. The Bertz CT molecular complexity index is 521. The highest BCUT2D eigenvalue weighted by Gasteiger charge is 2.26. The Morgan fingerprint density at radius 3 is 2.90 bits per heavy atom. The van der Waals surface area contributed by atoms with Crippen LogP contribution in [-0.2, 0) is 9.59 Å². The van der Waals surface area contributed by atoms with Crippen LogP contribution in [0.4, 0.5) is 10.1 Å². The number of rotatable bonds is 6. The van der Waals surface area contributed by atoms with E-state index in [1.807, 2.05) is 11.9 Å². The molecule has 114 valence electrons. The second-order valence-corrected chi connectivity index (χ2v) is 5.18. The molecule has 0 aliphatic carbocycles. The molecular weight excluding hydrogens is 273 g/mol. The highest BCUT2D eigenvalue weighted by molar-refractivity contribution is 5.90. The van der Waals surface area contributed by atoms with Gasteiger partial charge in [-0.15, -0.1) is 0 Å². The zero-order valence-electron chi connectivity index (χ0n) is 12.1. The molecule has 0 saturated carbocycles. The van der Waals surface area contributed by atoms with E-state index in [0.29, 0.717) is 38.0 Å². The Labute approximate surface area is 123 Å². The number of amides is 2. The fourth-order valence-corrected chi connectivity index (χ4v) is 2.34. The molecule has 1 atom stereocenters. The minimum atomic E-state index is -0.401. The predicted molar refractivity (Wildman–Crippen MR) is 78.5 cm³/mol. The van der Waals surface area contributed by atoms with Crippen molar-refractivity contribution >= 4 is 17.5 Å². The topological polar surface area (TPSA) is 61.4 Å². The first kappa shape index (κ1) is 15.3. The Morgan fingerprint density at radius 1 is 1.48 bits per heavy atom. The first-order valence-electron chi connectivity index (χ1n) is 7.10. The molecule has 1 saturated heterocycles. The van der Waals surface area contributed by atoms with Crippen LogP contribution in [0.25, 0.3) is 0 Å². The maximum Gasteiger partial charge on any atom is 0.242 e. The lowest BCUT2D eigenvalue weighted by molar-refractivity contribution is -0.125. The summed E-state index contributed by atoms with van der Waals surface area (Å²) in [6, 6.07) is 6.20. The van der Waals surface area contributed by atoms with E-state index in [0.717, 1.165) is 0 Å². The first-order valence-corrected chi connectivity index (χ1v) is 7.10. The monoisotopic (exact) mass is 293 g/mol. The molecule has 0 radical (unpaired) electrons. The number of nitrogens with zero attached hydrogens (tertiary/aromatic N) is 1. The number of carbonyl (C=O) groups excluding carboxylic acids is 2. The van der Waals surface area contributed by atoms with Crippen LogP contribution in [0, 0.1) is 5.82 Å². The molecule has 0 aromatic heterocycles. The molecule has 1 aromatic carbocycles. The van der Waals surface area contributed by atoms with Gasteiger partial charge in [0.25, 0.3) is 0 Å². The summed E-state index contributed by atoms with van der Waals surface area (Å²) in [6.45, 7) is 1.14. The van der Waals surface area contributed by atoms with Crippen LogP contribution in [-0.4, -0.2) is 38.0 Å². The largest absolute Gasteiger partial charge is 0.372 e. The summed E-state index contributed by atoms with van der Waals surface area (Å²) < 4.78 is 13.6. The molecule has 1 aliphatic rings. The van der Waals surface area contributed by atoms with E-state index in [1.54, 1.807) is 18.2 Å². The Hall–Kier alpha value is -2.11. The molecule has 2 amide bonds. The number of hydrogen-bond donors (Lipinski definition) is 2. The summed E-state index contributed by atoms with van der Waals surface area (Å²) >= 11 is 0. The fraction of sp³-hybridized carbons (Fsp3) is 0.467. The number of carbonyl (C=O) groups is 2. The molecule has 1 aromatic rings. The fourth-order valence-electron chi connectivity index (χ4n) is 2.34. The predicted octanol–water partition coefficient (Wildman–Crippen LogP) is 1.05. The molecule has 1 heterocycles. The quantitative estimate of drug-likeness (QED) is 0.771. The summed E-state index contributed by atoms with van der Waals surface area (Å²) in [5, 5.41) is 5.42. The van der Waals surface area contributed by atoms with Gasteiger partial charge in [-0.2, -0.15) is 0 Å². The number of nitrogens with one attached hydrogen (secondary N) is 2. The van der Waals surface area contributed by atoms with Crippen molar-refractivity contribution in [1.29, 1.82) is 0 Å². The van der Waals surface area contributed by atoms with E-state index >= 15 is 0 Å². The Morgan fingerprint density at radius 2 is 2.24 bits per heavy atom. The normalized spacial score (nSPS) is 17.4. The molecule has 2 N–H and O–H groups in total. The maximum atomic E-state index is 13.6. The SMILES string of the molecule is CN(CCCNC(=O)[C@@H]1CCC(=O)N1)c1ccccc1F. The van der Waals surface area contributed by atoms with Gasteiger partial charge in [0, 0.05) is 26.6 Å². The second kappa shape index (κ2) is 7.06. The molecule has 6 heteroatoms. The lowest BCUT2D eigenvalue weighted by Gasteiger charge is -2.20. The van der Waals surface area contributed by atoms with E-state index in [1.165, 1.54) is 6.07 Å². The van der Waals surface area contributed by atoms with Gasteiger partial charge in [0.1, 0.15) is 11.9 Å². The smallest absolute Gasteiger partial charge is 0.242 e. The Balaban J connectivity index is 1.69. The molecule has 0 bridgehead atoms. The van der Waals surface area contributed by atoms with Gasteiger partial charge in [0.05, 0.1) is 5.69 Å². The van der Waals surface area contributed by atoms with Crippen LogP contribution in [0.5, 0.6) is 0 Å². The summed E-state index contributed by atoms with van der Waals surface area (Å²) in [6.07, 6.45) is 1.67. The van der Waals surface area contributed by atoms with Crippen LogP contribution in [0.3, 0.4) is 0 Å². The Kier molecular flexibility index (Phi) is 5.14. The van der Waals surface area contributed by atoms with Gasteiger partial charge >= 0.3 is 0 Å². The van der Waals surface area contributed by atoms with Crippen LogP contribution in [0.2, 0.25) is 0 Å².